The van der Waals surface area contributed by atoms with E-state index < -0.39 is 188 Å². The molecule has 97 heavy (non-hydrogen) atoms. The average Bonchev–Trinajstić information content (AvgIpc) is 1.77. The second-order valence-corrected chi connectivity index (χ2v) is 25.6. The van der Waals surface area contributed by atoms with Gasteiger partial charge in [-0.1, -0.05) is 58.4 Å². The Morgan fingerprint density at radius 1 is 0.577 bits per heavy atom. The van der Waals surface area contributed by atoms with E-state index in [2.05, 4.69) is 44.2 Å². The number of carboxylic acids is 1. The van der Waals surface area contributed by atoms with Crippen molar-refractivity contribution in [2.75, 3.05) is 32.0 Å². The first-order valence-corrected chi connectivity index (χ1v) is 33.2. The molecule has 1 aliphatic heterocycles. The number of amides is 8. The molecule has 0 spiro atoms. The summed E-state index contributed by atoms with van der Waals surface area (Å²) in [6.45, 7) is 6.53. The zero-order valence-corrected chi connectivity index (χ0v) is 56.4. The minimum absolute atomic E-state index is 0.00248. The number of aliphatic hydroxyl groups is 1. The highest BCUT2D eigenvalue weighted by Crippen LogP contribution is 2.27. The van der Waals surface area contributed by atoms with E-state index >= 15 is 0 Å². The molecular formula is C66H98N12O18S. The van der Waals surface area contributed by atoms with E-state index in [0.717, 1.165) is 0 Å². The number of primary amides is 2. The zero-order chi connectivity index (χ0) is 72.6. The van der Waals surface area contributed by atoms with Crippen molar-refractivity contribution >= 4 is 101 Å². The Bertz CT molecular complexity index is 3090. The van der Waals surface area contributed by atoms with Crippen molar-refractivity contribution in [3.8, 4) is 11.5 Å². The number of carbonyl (C=O) groups excluding carboxylic acids is 13. The van der Waals surface area contributed by atoms with Crippen LogP contribution in [0.5, 0.6) is 11.5 Å². The number of aliphatic hydroxyl groups excluding tert-OH is 1. The van der Waals surface area contributed by atoms with Gasteiger partial charge in [0.25, 0.3) is 0 Å². The van der Waals surface area contributed by atoms with Crippen LogP contribution >= 0.6 is 12.6 Å². The lowest BCUT2D eigenvalue weighted by Crippen LogP contribution is -2.53. The molecule has 1 aliphatic rings. The molecule has 11 atom stereocenters. The van der Waals surface area contributed by atoms with Crippen molar-refractivity contribution < 1.29 is 87.5 Å². The first-order chi connectivity index (χ1) is 45.8. The Morgan fingerprint density at radius 2 is 1.10 bits per heavy atom. The van der Waals surface area contributed by atoms with E-state index in [9.17, 15) is 87.5 Å². The number of phenolic OH excluding ortho intramolecular Hbond substituents is 2. The van der Waals surface area contributed by atoms with Gasteiger partial charge in [-0.2, -0.15) is 12.6 Å². The van der Waals surface area contributed by atoms with Crippen LogP contribution < -0.4 is 55.3 Å². The van der Waals surface area contributed by atoms with Crippen molar-refractivity contribution in [1.29, 1.82) is 0 Å². The normalized spacial score (nSPS) is 15.9. The highest BCUT2D eigenvalue weighted by Gasteiger charge is 2.41. The number of benzene rings is 2. The van der Waals surface area contributed by atoms with Gasteiger partial charge in [-0.15, -0.1) is 0 Å². The summed E-state index contributed by atoms with van der Waals surface area (Å²) in [6.07, 6.45) is -2.98. The molecule has 2 aromatic rings. The monoisotopic (exact) mass is 1380 g/mol. The van der Waals surface area contributed by atoms with Crippen molar-refractivity contribution in [3.05, 3.63) is 59.7 Å². The largest absolute Gasteiger partial charge is 0.508 e. The number of hydrogen-bond acceptors (Lipinski definition) is 20. The first kappa shape index (κ1) is 82.4. The number of nitrogens with zero attached hydrogens (tertiary/aromatic N) is 2. The maximum Gasteiger partial charge on any atom is 0.305 e. The molecule has 1 saturated heterocycles. The average molecular weight is 1380 g/mol. The van der Waals surface area contributed by atoms with Crippen molar-refractivity contribution in [3.63, 3.8) is 0 Å². The summed E-state index contributed by atoms with van der Waals surface area (Å²) in [5.41, 5.74) is 28.7. The van der Waals surface area contributed by atoms with Crippen LogP contribution in [0.15, 0.2) is 53.5 Å². The van der Waals surface area contributed by atoms with Crippen LogP contribution in [0.1, 0.15) is 142 Å². The molecule has 19 N–H and O–H groups in total. The maximum absolute atomic E-state index is 14.5. The summed E-state index contributed by atoms with van der Waals surface area (Å²) in [6, 6.07) is 3.25. The molecule has 1 heterocycles. The van der Waals surface area contributed by atoms with Gasteiger partial charge in [0.1, 0.15) is 29.4 Å². The molecule has 3 rings (SSSR count). The quantitative estimate of drug-likeness (QED) is 0.0173. The molecule has 0 aromatic heterocycles. The number of Topliss-reactive ketones (excluding diaryl/α,β-unsaturated/α-hetero) is 5. The highest BCUT2D eigenvalue weighted by molar-refractivity contribution is 7.80. The van der Waals surface area contributed by atoms with Gasteiger partial charge in [0, 0.05) is 87.0 Å². The smallest absolute Gasteiger partial charge is 0.305 e. The highest BCUT2D eigenvalue weighted by atomic mass is 32.1. The number of rotatable bonds is 47. The first-order valence-electron chi connectivity index (χ1n) is 32.5. The number of phenols is 2. The van der Waals surface area contributed by atoms with Crippen LogP contribution in [-0.4, -0.2) is 182 Å². The SMILES string of the molecule is CC(C)C[C@H](C)C(=O)C[C@@H](Cc1ccc(O)cc1)C(=O)N[C@@H](CCCN=C(N)N)C(=O)C[C@@H](C)C(=O)N[C@@H](CC(N)=O)C(=O)CCC(=O)N[C@@H](CC(=O)O)C(=O)C[C@@H](CCCCN)C(=O)N1CCC[C@H]1C(=O)N[C@@H](CS)C(=O)C[C@@H](Cc1ccc(O)cc1)C(=O)N[C@@H](CO)C(N)=O. The Balaban J connectivity index is 1.76. The summed E-state index contributed by atoms with van der Waals surface area (Å²) >= 11 is 4.28. The summed E-state index contributed by atoms with van der Waals surface area (Å²) in [4.78, 5) is 194. The number of carboxylic acid groups (broad SMARTS) is 1. The lowest BCUT2D eigenvalue weighted by Gasteiger charge is -2.30. The third-order valence-electron chi connectivity index (χ3n) is 16.6. The number of carbonyl (C=O) groups is 14. The number of thiol groups is 1. The summed E-state index contributed by atoms with van der Waals surface area (Å²) in [5.74, 6) is -16.9. The molecule has 536 valence electrons. The van der Waals surface area contributed by atoms with E-state index in [1.807, 2.05) is 13.8 Å². The molecule has 1 fully saturated rings. The van der Waals surface area contributed by atoms with Crippen LogP contribution in [-0.2, 0) is 80.0 Å². The van der Waals surface area contributed by atoms with E-state index in [1.165, 1.54) is 48.2 Å². The number of nitrogens with two attached hydrogens (primary N) is 5. The number of nitrogens with one attached hydrogen (secondary N) is 5. The molecule has 0 aliphatic carbocycles. The van der Waals surface area contributed by atoms with Crippen LogP contribution in [0.3, 0.4) is 0 Å². The number of hydrogen-bond donors (Lipinski definition) is 15. The fraction of sp³-hybridized carbons (Fsp3) is 0.591. The topological polar surface area (TPSA) is 526 Å². The number of likely N-dealkylation sites (tertiary alicyclic amines) is 1. The standard InChI is InChI=1S/C66H98N12O18S/c1-36(2)25-37(3)53(83)30-42(27-39-12-16-44(80)17-13-39)62(93)74-46(10-7-23-72-66(70)71)54(84)26-38(4)61(92)75-47(32-57(68)87)52(82)20-21-58(88)73-48(33-59(89)90)55(85)29-41(9-5-6-22-67)65(96)78-24-8-11-51(78)64(95)77-50(35-97)56(86)31-43(28-40-14-18-45(81)19-15-40)63(94)76-49(34-79)60(69)91/h12-19,36-38,41-43,46-51,79-81,97H,5-11,20-35,67H2,1-4H3,(H2,68,87)(H2,69,91)(H,73,88)(H,74,93)(H,75,92)(H,76,94)(H,77,95)(H,89,90)(H4,70,71,72)/t37-,38+,41+,42+,43+,46-,47-,48-,49-,50-,51-/m0/s1. The third-order valence-corrected chi connectivity index (χ3v) is 17.0. The van der Waals surface area contributed by atoms with Crippen LogP contribution in [0, 0.1) is 35.5 Å². The fourth-order valence-electron chi connectivity index (χ4n) is 11.3. The second kappa shape index (κ2) is 42.0. The lowest BCUT2D eigenvalue weighted by molar-refractivity contribution is -0.144. The van der Waals surface area contributed by atoms with Crippen LogP contribution in [0.2, 0.25) is 0 Å². The lowest BCUT2D eigenvalue weighted by atomic mass is 9.86. The predicted octanol–water partition coefficient (Wildman–Crippen LogP) is -0.409. The fourth-order valence-corrected chi connectivity index (χ4v) is 11.6. The van der Waals surface area contributed by atoms with Crippen LogP contribution in [0.4, 0.5) is 0 Å². The van der Waals surface area contributed by atoms with Crippen molar-refractivity contribution in [1.82, 2.24) is 31.5 Å². The van der Waals surface area contributed by atoms with Gasteiger partial charge in [0.05, 0.1) is 43.6 Å². The van der Waals surface area contributed by atoms with Crippen LogP contribution in [0.25, 0.3) is 0 Å². The third kappa shape index (κ3) is 29.6. The molecular weight excluding hydrogens is 1280 g/mol. The number of ketones is 5. The number of unbranched alkanes of at least 4 members (excludes halogenated alkanes) is 1. The van der Waals surface area contributed by atoms with E-state index in [-0.39, 0.29) is 105 Å². The summed E-state index contributed by atoms with van der Waals surface area (Å²) in [5, 5.41) is 51.7. The van der Waals surface area contributed by atoms with Gasteiger partial charge in [-0.25, -0.2) is 0 Å². The van der Waals surface area contributed by atoms with E-state index in [1.54, 1.807) is 19.1 Å². The molecule has 0 saturated carbocycles. The molecule has 31 heteroatoms. The summed E-state index contributed by atoms with van der Waals surface area (Å²) < 4.78 is 0. The zero-order valence-electron chi connectivity index (χ0n) is 55.5. The minimum atomic E-state index is -1.75. The number of aliphatic carboxylic acids is 1. The predicted molar refractivity (Wildman–Crippen MR) is 358 cm³/mol. The van der Waals surface area contributed by atoms with Gasteiger partial charge < -0.3 is 80.6 Å². The molecule has 30 nitrogen and oxygen atoms in total. The molecule has 0 bridgehead atoms. The Labute approximate surface area is 569 Å². The maximum atomic E-state index is 14.5. The summed E-state index contributed by atoms with van der Waals surface area (Å²) in [7, 11) is 0. The van der Waals surface area contributed by atoms with Gasteiger partial charge in [0.2, 0.25) is 47.3 Å². The van der Waals surface area contributed by atoms with Gasteiger partial charge >= 0.3 is 5.97 Å². The molecule has 0 unspecified atom stereocenters. The molecule has 0 radical (unpaired) electrons. The molecule has 8 amide bonds. The van der Waals surface area contributed by atoms with E-state index in [4.69, 9.17) is 28.7 Å². The Hall–Kier alpha value is -8.84. The Kier molecular flexibility index (Phi) is 35.7. The number of aromatic hydroxyl groups is 2. The number of guanidine groups is 1. The van der Waals surface area contributed by atoms with Crippen molar-refractivity contribution in [2.24, 2.45) is 69.2 Å². The minimum Gasteiger partial charge on any atom is -0.508 e. The van der Waals surface area contributed by atoms with Gasteiger partial charge in [0.15, 0.2) is 29.1 Å². The number of aliphatic imine (C=N–C) groups is 1. The second-order valence-electron chi connectivity index (χ2n) is 25.2. The molecule has 2 aromatic carbocycles. The Morgan fingerprint density at radius 3 is 1.62 bits per heavy atom. The van der Waals surface area contributed by atoms with Gasteiger partial charge in [-0.3, -0.25) is 72.1 Å². The van der Waals surface area contributed by atoms with Gasteiger partial charge in [-0.05, 0) is 106 Å². The van der Waals surface area contributed by atoms with Crippen molar-refractivity contribution in [2.45, 2.75) is 180 Å². The van der Waals surface area contributed by atoms with E-state index in [0.29, 0.717) is 36.8 Å².